The van der Waals surface area contributed by atoms with Crippen molar-refractivity contribution in [2.75, 3.05) is 13.1 Å². The van der Waals surface area contributed by atoms with Gasteiger partial charge in [-0.15, -0.1) is 0 Å². The van der Waals surface area contributed by atoms with E-state index in [0.29, 0.717) is 12.6 Å². The number of piperidine rings is 1. The van der Waals surface area contributed by atoms with Crippen LogP contribution in [0.15, 0.2) is 24.3 Å². The summed E-state index contributed by atoms with van der Waals surface area (Å²) in [6.07, 6.45) is 3.55. The van der Waals surface area contributed by atoms with Crippen molar-refractivity contribution in [3.05, 3.63) is 39.9 Å². The van der Waals surface area contributed by atoms with Crippen LogP contribution in [0.3, 0.4) is 0 Å². The molecule has 1 aromatic rings. The lowest BCUT2D eigenvalue weighted by molar-refractivity contribution is -0.384. The second-order valence-corrected chi connectivity index (χ2v) is 4.78. The molecule has 0 aromatic heterocycles. The van der Waals surface area contributed by atoms with Gasteiger partial charge in [0.05, 0.1) is 4.92 Å². The fraction of sp³-hybridized carbons (Fsp3) is 0.538. The number of nitrogens with two attached hydrogens (primary N) is 1. The lowest BCUT2D eigenvalue weighted by Crippen LogP contribution is -2.43. The molecular formula is C13H19N3O2. The molecule has 98 valence electrons. The summed E-state index contributed by atoms with van der Waals surface area (Å²) < 4.78 is 0. The quantitative estimate of drug-likeness (QED) is 0.653. The van der Waals surface area contributed by atoms with E-state index >= 15 is 0 Å². The first-order valence-electron chi connectivity index (χ1n) is 6.38. The monoisotopic (exact) mass is 249 g/mol. The third-order valence-electron chi connectivity index (χ3n) is 3.53. The van der Waals surface area contributed by atoms with Gasteiger partial charge in [0, 0.05) is 31.3 Å². The van der Waals surface area contributed by atoms with Gasteiger partial charge in [0.2, 0.25) is 0 Å². The number of non-ortho nitro benzene ring substituents is 1. The summed E-state index contributed by atoms with van der Waals surface area (Å²) in [7, 11) is 0. The van der Waals surface area contributed by atoms with Crippen LogP contribution in [0, 0.1) is 10.1 Å². The van der Waals surface area contributed by atoms with Crippen LogP contribution >= 0.6 is 0 Å². The lowest BCUT2D eigenvalue weighted by atomic mass is 10.0. The summed E-state index contributed by atoms with van der Waals surface area (Å²) in [6, 6.07) is 7.28. The molecule has 0 bridgehead atoms. The van der Waals surface area contributed by atoms with Crippen LogP contribution in [0.5, 0.6) is 0 Å². The summed E-state index contributed by atoms with van der Waals surface area (Å²) in [5.74, 6) is 0. The van der Waals surface area contributed by atoms with Crippen LogP contribution in [-0.4, -0.2) is 29.0 Å². The Hall–Kier alpha value is -1.46. The van der Waals surface area contributed by atoms with Gasteiger partial charge in [-0.25, -0.2) is 0 Å². The Balaban J connectivity index is 2.07. The highest BCUT2D eigenvalue weighted by atomic mass is 16.6. The zero-order chi connectivity index (χ0) is 13.0. The Morgan fingerprint density at radius 1 is 1.44 bits per heavy atom. The van der Waals surface area contributed by atoms with Gasteiger partial charge in [-0.2, -0.15) is 0 Å². The van der Waals surface area contributed by atoms with Gasteiger partial charge in [0.25, 0.3) is 5.69 Å². The largest absolute Gasteiger partial charge is 0.329 e. The molecule has 5 heteroatoms. The molecule has 1 aliphatic rings. The van der Waals surface area contributed by atoms with Crippen molar-refractivity contribution in [2.45, 2.75) is 31.8 Å². The van der Waals surface area contributed by atoms with Gasteiger partial charge < -0.3 is 5.73 Å². The van der Waals surface area contributed by atoms with Crippen LogP contribution < -0.4 is 5.73 Å². The van der Waals surface area contributed by atoms with Gasteiger partial charge in [-0.05, 0) is 24.9 Å². The van der Waals surface area contributed by atoms with Crippen molar-refractivity contribution in [3.8, 4) is 0 Å². The van der Waals surface area contributed by atoms with Crippen molar-refractivity contribution >= 4 is 5.69 Å². The van der Waals surface area contributed by atoms with E-state index in [1.807, 2.05) is 6.07 Å². The highest BCUT2D eigenvalue weighted by molar-refractivity contribution is 5.34. The van der Waals surface area contributed by atoms with Crippen molar-refractivity contribution in [1.29, 1.82) is 0 Å². The molecule has 0 radical (unpaired) electrons. The number of nitro groups is 1. The van der Waals surface area contributed by atoms with E-state index in [9.17, 15) is 10.1 Å². The molecule has 0 saturated carbocycles. The smallest absolute Gasteiger partial charge is 0.269 e. The molecule has 1 saturated heterocycles. The number of likely N-dealkylation sites (tertiary alicyclic amines) is 1. The highest BCUT2D eigenvalue weighted by Gasteiger charge is 2.21. The molecule has 1 aromatic carbocycles. The Bertz CT molecular complexity index is 422. The third kappa shape index (κ3) is 3.05. The van der Waals surface area contributed by atoms with Crippen LogP contribution in [0.25, 0.3) is 0 Å². The van der Waals surface area contributed by atoms with Gasteiger partial charge >= 0.3 is 0 Å². The maximum Gasteiger partial charge on any atom is 0.269 e. The van der Waals surface area contributed by atoms with Gasteiger partial charge in [0.15, 0.2) is 0 Å². The molecule has 1 heterocycles. The predicted molar refractivity (Wildman–Crippen MR) is 70.2 cm³/mol. The van der Waals surface area contributed by atoms with E-state index in [1.54, 1.807) is 12.1 Å². The zero-order valence-electron chi connectivity index (χ0n) is 10.4. The number of nitro benzene ring substituents is 1. The first-order valence-corrected chi connectivity index (χ1v) is 6.38. The first kappa shape index (κ1) is 13.0. The summed E-state index contributed by atoms with van der Waals surface area (Å²) in [5, 5.41) is 10.7. The molecule has 0 aliphatic carbocycles. The maximum absolute atomic E-state index is 10.7. The normalized spacial score (nSPS) is 20.8. The molecule has 0 amide bonds. The lowest BCUT2D eigenvalue weighted by Gasteiger charge is -2.34. The molecule has 1 fully saturated rings. The summed E-state index contributed by atoms with van der Waals surface area (Å²) >= 11 is 0. The minimum absolute atomic E-state index is 0.161. The molecule has 2 rings (SSSR count). The molecule has 18 heavy (non-hydrogen) atoms. The van der Waals surface area contributed by atoms with Gasteiger partial charge in [-0.1, -0.05) is 18.6 Å². The summed E-state index contributed by atoms with van der Waals surface area (Å²) in [5.41, 5.74) is 6.93. The number of nitrogens with zero attached hydrogens (tertiary/aromatic N) is 2. The number of hydrogen-bond acceptors (Lipinski definition) is 4. The number of rotatable bonds is 4. The average molecular weight is 249 g/mol. The van der Waals surface area contributed by atoms with Crippen molar-refractivity contribution in [3.63, 3.8) is 0 Å². The fourth-order valence-corrected chi connectivity index (χ4v) is 2.54. The van der Waals surface area contributed by atoms with Crippen LogP contribution in [0.1, 0.15) is 24.8 Å². The summed E-state index contributed by atoms with van der Waals surface area (Å²) in [6.45, 7) is 2.45. The van der Waals surface area contributed by atoms with Crippen LogP contribution in [0.4, 0.5) is 5.69 Å². The minimum Gasteiger partial charge on any atom is -0.329 e. The van der Waals surface area contributed by atoms with E-state index in [0.717, 1.165) is 25.1 Å². The van der Waals surface area contributed by atoms with Crippen LogP contribution in [-0.2, 0) is 6.54 Å². The van der Waals surface area contributed by atoms with Crippen molar-refractivity contribution in [2.24, 2.45) is 5.73 Å². The molecule has 2 N–H and O–H groups in total. The Morgan fingerprint density at radius 3 is 3.00 bits per heavy atom. The van der Waals surface area contributed by atoms with E-state index in [-0.39, 0.29) is 10.6 Å². The molecule has 5 nitrogen and oxygen atoms in total. The minimum atomic E-state index is -0.347. The average Bonchev–Trinajstić information content (AvgIpc) is 2.39. The maximum atomic E-state index is 10.7. The predicted octanol–water partition coefficient (Wildman–Crippen LogP) is 1.91. The second-order valence-electron chi connectivity index (χ2n) is 4.78. The molecule has 1 unspecified atom stereocenters. The SMILES string of the molecule is NCC1CCCCN1Cc1cccc([N+](=O)[O-])c1. The Morgan fingerprint density at radius 2 is 2.28 bits per heavy atom. The topological polar surface area (TPSA) is 72.4 Å². The standard InChI is InChI=1S/C13H19N3O2/c14-9-13-5-1-2-7-15(13)10-11-4-3-6-12(8-11)16(17)18/h3-4,6,8,13H,1-2,5,7,9-10,14H2. The Kier molecular flexibility index (Phi) is 4.28. The highest BCUT2D eigenvalue weighted by Crippen LogP contribution is 2.20. The van der Waals surface area contributed by atoms with E-state index in [1.165, 1.54) is 18.9 Å². The van der Waals surface area contributed by atoms with E-state index in [4.69, 9.17) is 5.73 Å². The molecule has 0 spiro atoms. The molecule has 1 atom stereocenters. The molecular weight excluding hydrogens is 230 g/mol. The van der Waals surface area contributed by atoms with E-state index in [2.05, 4.69) is 4.90 Å². The van der Waals surface area contributed by atoms with Gasteiger partial charge in [-0.3, -0.25) is 15.0 Å². The number of benzene rings is 1. The second kappa shape index (κ2) is 5.93. The number of hydrogen-bond donors (Lipinski definition) is 1. The van der Waals surface area contributed by atoms with Gasteiger partial charge in [0.1, 0.15) is 0 Å². The Labute approximate surface area is 107 Å². The first-order chi connectivity index (χ1) is 8.70. The summed E-state index contributed by atoms with van der Waals surface area (Å²) in [4.78, 5) is 12.7. The van der Waals surface area contributed by atoms with E-state index < -0.39 is 0 Å². The van der Waals surface area contributed by atoms with Crippen molar-refractivity contribution in [1.82, 2.24) is 4.90 Å². The fourth-order valence-electron chi connectivity index (χ4n) is 2.54. The molecule has 1 aliphatic heterocycles. The van der Waals surface area contributed by atoms with Crippen molar-refractivity contribution < 1.29 is 4.92 Å². The third-order valence-corrected chi connectivity index (χ3v) is 3.53. The van der Waals surface area contributed by atoms with Crippen LogP contribution in [0.2, 0.25) is 0 Å². The zero-order valence-corrected chi connectivity index (χ0v) is 10.4.